The van der Waals surface area contributed by atoms with Crippen LogP contribution in [0.5, 0.6) is 0 Å². The molecular weight excluding hydrogens is 832 g/mol. The van der Waals surface area contributed by atoms with Crippen LogP contribution < -0.4 is 0 Å². The minimum atomic E-state index is 1.16. The van der Waals surface area contributed by atoms with E-state index in [2.05, 4.69) is 238 Å². The lowest BCUT2D eigenvalue weighted by molar-refractivity contribution is 1.70. The molecule has 0 aliphatic carbocycles. The molecule has 0 fully saturated rings. The zero-order valence-electron chi connectivity index (χ0n) is 31.4. The van der Waals surface area contributed by atoms with E-state index in [-0.39, 0.29) is 0 Å². The normalized spacial score (nSPS) is 11.6. The van der Waals surface area contributed by atoms with E-state index in [4.69, 9.17) is 0 Å². The van der Waals surface area contributed by atoms with Crippen LogP contribution in [0.15, 0.2) is 215 Å². The van der Waals surface area contributed by atoms with E-state index in [0.29, 0.717) is 0 Å². The summed E-state index contributed by atoms with van der Waals surface area (Å²) >= 11 is 7.79. The number of halogens is 2. The van der Waals surface area contributed by atoms with Gasteiger partial charge in [-0.05, 0) is 152 Å². The van der Waals surface area contributed by atoms with Crippen molar-refractivity contribution in [2.24, 2.45) is 0 Å². The Balaban J connectivity index is 0.000000133. The summed E-state index contributed by atoms with van der Waals surface area (Å²) in [5.74, 6) is 0. The molecule has 0 saturated carbocycles. The van der Waals surface area contributed by atoms with E-state index in [0.717, 1.165) is 8.95 Å². The van der Waals surface area contributed by atoms with Crippen molar-refractivity contribution in [3.63, 3.8) is 0 Å². The monoisotopic (exact) mass is 864 g/mol. The van der Waals surface area contributed by atoms with Crippen molar-refractivity contribution in [1.82, 2.24) is 0 Å². The number of fused-ring (bicyclic) bond motifs is 8. The van der Waals surface area contributed by atoms with E-state index in [9.17, 15) is 0 Å². The number of hydrogen-bond acceptors (Lipinski definition) is 0. The Morgan fingerprint density at radius 2 is 0.362 bits per heavy atom. The molecule has 0 aliphatic rings. The van der Waals surface area contributed by atoms with Crippen LogP contribution >= 0.6 is 31.9 Å². The molecule has 12 aromatic rings. The molecule has 0 spiro atoms. The van der Waals surface area contributed by atoms with Gasteiger partial charge in [0.2, 0.25) is 0 Å². The zero-order chi connectivity index (χ0) is 38.7. The van der Waals surface area contributed by atoms with Gasteiger partial charge in [0, 0.05) is 8.95 Å². The molecule has 2 heteroatoms. The average Bonchev–Trinajstić information content (AvgIpc) is 3.29. The van der Waals surface area contributed by atoms with Crippen LogP contribution in [0.3, 0.4) is 0 Å². The van der Waals surface area contributed by atoms with Gasteiger partial charge in [-0.1, -0.05) is 194 Å². The van der Waals surface area contributed by atoms with Gasteiger partial charge in [-0.25, -0.2) is 0 Å². The average molecular weight is 867 g/mol. The molecule has 0 unspecified atom stereocenters. The molecule has 0 amide bonds. The second-order valence-electron chi connectivity index (χ2n) is 14.9. The summed E-state index contributed by atoms with van der Waals surface area (Å²) in [6.45, 7) is 0. The Morgan fingerprint density at radius 3 is 0.603 bits per heavy atom. The van der Waals surface area contributed by atoms with Crippen LogP contribution in [0.1, 0.15) is 0 Å². The van der Waals surface area contributed by atoms with Crippen molar-refractivity contribution in [2.75, 3.05) is 0 Å². The van der Waals surface area contributed by atoms with E-state index in [1.165, 1.54) is 108 Å². The fourth-order valence-electron chi connectivity index (χ4n) is 9.26. The second-order valence-corrected chi connectivity index (χ2v) is 16.5. The van der Waals surface area contributed by atoms with Crippen molar-refractivity contribution in [1.29, 1.82) is 0 Å². The van der Waals surface area contributed by atoms with Crippen LogP contribution in [0.2, 0.25) is 0 Å². The standard InChI is InChI=1S/C28H16Br2.C28H18/c29-27-21-13-5-1-9-17(21)25(18-10-2-6-14-22(18)27)26-19-11-3-7-15-23(19)28(30)24-16-8-4-12-20(24)26;1-5-13-23-19(9-1)17-20-10-2-6-14-24(20)27(23)28-25-15-7-3-11-21(25)18-22-12-4-8-16-26(22)28/h1-16H;1-18H. The largest absolute Gasteiger partial charge is 0.0616 e. The van der Waals surface area contributed by atoms with Crippen LogP contribution in [0.4, 0.5) is 0 Å². The van der Waals surface area contributed by atoms with E-state index < -0.39 is 0 Å². The summed E-state index contributed by atoms with van der Waals surface area (Å²) in [5, 5.41) is 20.4. The first-order valence-electron chi connectivity index (χ1n) is 19.7. The maximum atomic E-state index is 3.89. The third-order valence-corrected chi connectivity index (χ3v) is 13.5. The smallest absolute Gasteiger partial charge is 0.0332 e. The van der Waals surface area contributed by atoms with Crippen LogP contribution in [-0.2, 0) is 0 Å². The maximum Gasteiger partial charge on any atom is 0.0332 e. The second kappa shape index (κ2) is 14.3. The quantitative estimate of drug-likeness (QED) is 0.152. The Labute approximate surface area is 353 Å². The van der Waals surface area contributed by atoms with Gasteiger partial charge in [0.15, 0.2) is 0 Å². The third-order valence-electron chi connectivity index (χ3n) is 11.8. The summed E-state index contributed by atoms with van der Waals surface area (Å²) in [7, 11) is 0. The van der Waals surface area contributed by atoms with Crippen molar-refractivity contribution < 1.29 is 0 Å². The number of benzene rings is 12. The van der Waals surface area contributed by atoms with Crippen molar-refractivity contribution in [3.05, 3.63) is 215 Å². The van der Waals surface area contributed by atoms with Crippen LogP contribution in [-0.4, -0.2) is 0 Å². The maximum absolute atomic E-state index is 3.89. The summed E-state index contributed by atoms with van der Waals surface area (Å²) in [6, 6.07) is 74.4. The highest BCUT2D eigenvalue weighted by molar-refractivity contribution is 9.11. The van der Waals surface area contributed by atoms with E-state index >= 15 is 0 Å². The van der Waals surface area contributed by atoms with Gasteiger partial charge >= 0.3 is 0 Å². The zero-order valence-corrected chi connectivity index (χ0v) is 34.6. The molecule has 0 heterocycles. The predicted molar refractivity (Wildman–Crippen MR) is 259 cm³/mol. The highest BCUT2D eigenvalue weighted by atomic mass is 79.9. The summed E-state index contributed by atoms with van der Waals surface area (Å²) in [4.78, 5) is 0. The SMILES string of the molecule is Brc1c2ccccc2c(-c2c3ccccc3c(Br)c3ccccc23)c2ccccc12.c1ccc2c(-c3c4ccccc4cc4ccccc34)c3ccccc3cc2c1. The predicted octanol–water partition coefficient (Wildman–Crippen LogP) is 17.5. The molecule has 272 valence electrons. The van der Waals surface area contributed by atoms with Gasteiger partial charge in [0.05, 0.1) is 0 Å². The molecule has 0 saturated heterocycles. The van der Waals surface area contributed by atoms with E-state index in [1.54, 1.807) is 0 Å². The first-order valence-corrected chi connectivity index (χ1v) is 21.2. The van der Waals surface area contributed by atoms with E-state index in [1.807, 2.05) is 0 Å². The van der Waals surface area contributed by atoms with Crippen LogP contribution in [0, 0.1) is 0 Å². The van der Waals surface area contributed by atoms with Crippen molar-refractivity contribution in [3.8, 4) is 22.3 Å². The molecule has 58 heavy (non-hydrogen) atoms. The highest BCUT2D eigenvalue weighted by Crippen LogP contribution is 2.48. The Kier molecular flexibility index (Phi) is 8.57. The fraction of sp³-hybridized carbons (Fsp3) is 0. The van der Waals surface area contributed by atoms with Gasteiger partial charge in [0.1, 0.15) is 0 Å². The minimum absolute atomic E-state index is 1.16. The molecule has 0 aliphatic heterocycles. The van der Waals surface area contributed by atoms with Crippen molar-refractivity contribution >= 4 is 118 Å². The van der Waals surface area contributed by atoms with Gasteiger partial charge in [-0.2, -0.15) is 0 Å². The first-order chi connectivity index (χ1) is 28.7. The molecule has 0 radical (unpaired) electrons. The molecule has 0 N–H and O–H groups in total. The molecule has 0 nitrogen and oxygen atoms in total. The molecule has 0 atom stereocenters. The van der Waals surface area contributed by atoms with Gasteiger partial charge in [-0.15, -0.1) is 0 Å². The Bertz CT molecular complexity index is 3140. The molecular formula is C56H34Br2. The highest BCUT2D eigenvalue weighted by Gasteiger charge is 2.20. The third kappa shape index (κ3) is 5.55. The molecule has 0 aromatic heterocycles. The lowest BCUT2D eigenvalue weighted by Gasteiger charge is -2.19. The van der Waals surface area contributed by atoms with Gasteiger partial charge < -0.3 is 0 Å². The summed E-state index contributed by atoms with van der Waals surface area (Å²) in [5.41, 5.74) is 5.26. The topological polar surface area (TPSA) is 0 Å². The molecule has 12 rings (SSSR count). The van der Waals surface area contributed by atoms with Gasteiger partial charge in [0.25, 0.3) is 0 Å². The van der Waals surface area contributed by atoms with Gasteiger partial charge in [-0.3, -0.25) is 0 Å². The molecule has 0 bridgehead atoms. The number of rotatable bonds is 2. The summed E-state index contributed by atoms with van der Waals surface area (Å²) < 4.78 is 2.31. The number of hydrogen-bond donors (Lipinski definition) is 0. The van der Waals surface area contributed by atoms with Crippen molar-refractivity contribution in [2.45, 2.75) is 0 Å². The molecule has 12 aromatic carbocycles. The fourth-order valence-corrected chi connectivity index (χ4v) is 10.6. The van der Waals surface area contributed by atoms with Crippen LogP contribution in [0.25, 0.3) is 108 Å². The lowest BCUT2D eigenvalue weighted by Crippen LogP contribution is -1.91. The Morgan fingerprint density at radius 1 is 0.190 bits per heavy atom. The summed E-state index contributed by atoms with van der Waals surface area (Å²) in [6.07, 6.45) is 0. The minimum Gasteiger partial charge on any atom is -0.0616 e. The Hall–Kier alpha value is -6.32. The first kappa shape index (κ1) is 34.9. The lowest BCUT2D eigenvalue weighted by atomic mass is 9.86.